The van der Waals surface area contributed by atoms with Gasteiger partial charge in [-0.2, -0.15) is 0 Å². The van der Waals surface area contributed by atoms with E-state index in [0.717, 1.165) is 44.6 Å². The maximum atomic E-state index is 12.7. The molecule has 1 aromatic rings. The van der Waals surface area contributed by atoms with Crippen LogP contribution in [0, 0.1) is 5.92 Å². The predicted octanol–water partition coefficient (Wildman–Crippen LogP) is 2.94. The Bertz CT molecular complexity index is 682. The molecule has 148 valence electrons. The van der Waals surface area contributed by atoms with Crippen LogP contribution in [-0.4, -0.2) is 72.8 Å². The Hall–Kier alpha value is -1.30. The van der Waals surface area contributed by atoms with Gasteiger partial charge in [-0.3, -0.25) is 9.59 Å². The number of likely N-dealkylation sites (tertiary alicyclic amines) is 1. The van der Waals surface area contributed by atoms with E-state index >= 15 is 0 Å². The fourth-order valence-electron chi connectivity index (χ4n) is 3.80. The first kappa shape index (κ1) is 20.4. The summed E-state index contributed by atoms with van der Waals surface area (Å²) in [7, 11) is 2.09. The van der Waals surface area contributed by atoms with Gasteiger partial charge in [-0.05, 0) is 37.9 Å². The summed E-state index contributed by atoms with van der Waals surface area (Å²) in [5.74, 6) is 0.442. The number of piperazine rings is 1. The summed E-state index contributed by atoms with van der Waals surface area (Å²) < 4.78 is 0. The number of rotatable bonds is 4. The zero-order chi connectivity index (χ0) is 19.4. The molecule has 2 amide bonds. The van der Waals surface area contributed by atoms with E-state index in [0.29, 0.717) is 36.0 Å². The quantitative estimate of drug-likeness (QED) is 0.764. The molecular formula is C20H27Cl2N3O2. The molecule has 2 fully saturated rings. The molecule has 27 heavy (non-hydrogen) atoms. The largest absolute Gasteiger partial charge is 0.343 e. The number of carbonyl (C=O) groups excluding carboxylic acids is 2. The Labute approximate surface area is 171 Å². The number of likely N-dealkylation sites (N-methyl/N-ethyl adjacent to an activating group) is 1. The summed E-state index contributed by atoms with van der Waals surface area (Å²) in [6.45, 7) is 4.83. The molecule has 2 aliphatic heterocycles. The van der Waals surface area contributed by atoms with E-state index in [1.807, 2.05) is 21.9 Å². The minimum absolute atomic E-state index is 0.0554. The average molecular weight is 412 g/mol. The number of hydrogen-bond donors (Lipinski definition) is 0. The minimum Gasteiger partial charge on any atom is -0.343 e. The van der Waals surface area contributed by atoms with Crippen LogP contribution in [0.5, 0.6) is 0 Å². The van der Waals surface area contributed by atoms with Gasteiger partial charge in [0.25, 0.3) is 0 Å². The highest BCUT2D eigenvalue weighted by Crippen LogP contribution is 2.27. The van der Waals surface area contributed by atoms with Crippen molar-refractivity contribution in [3.8, 4) is 0 Å². The van der Waals surface area contributed by atoms with Crippen LogP contribution in [0.1, 0.15) is 24.8 Å². The second kappa shape index (κ2) is 9.26. The first-order valence-corrected chi connectivity index (χ1v) is 10.4. The third kappa shape index (κ3) is 5.15. The Balaban J connectivity index is 1.45. The lowest BCUT2D eigenvalue weighted by molar-refractivity contribution is -0.141. The molecule has 3 rings (SSSR count). The number of carbonyl (C=O) groups is 2. The highest BCUT2D eigenvalue weighted by atomic mass is 35.5. The molecule has 0 radical (unpaired) electrons. The molecule has 0 saturated carbocycles. The number of hydrogen-bond acceptors (Lipinski definition) is 3. The van der Waals surface area contributed by atoms with Gasteiger partial charge in [-0.15, -0.1) is 0 Å². The molecule has 2 heterocycles. The van der Waals surface area contributed by atoms with Gasteiger partial charge in [-0.25, -0.2) is 0 Å². The molecule has 5 nitrogen and oxygen atoms in total. The first-order valence-electron chi connectivity index (χ1n) is 9.63. The van der Waals surface area contributed by atoms with Crippen molar-refractivity contribution < 1.29 is 9.59 Å². The van der Waals surface area contributed by atoms with Crippen LogP contribution in [0.3, 0.4) is 0 Å². The van der Waals surface area contributed by atoms with E-state index in [4.69, 9.17) is 23.2 Å². The first-order chi connectivity index (χ1) is 13.0. The molecule has 0 N–H and O–H groups in total. The Kier molecular flexibility index (Phi) is 7.01. The Morgan fingerprint density at radius 3 is 2.33 bits per heavy atom. The van der Waals surface area contributed by atoms with Crippen LogP contribution < -0.4 is 0 Å². The molecule has 2 saturated heterocycles. The smallest absolute Gasteiger partial charge is 0.225 e. The lowest BCUT2D eigenvalue weighted by Gasteiger charge is -2.37. The SMILES string of the molecule is CN1CCN(C(=O)C2CCN(C(=O)CCc3cccc(Cl)c3Cl)CC2)CC1. The maximum absolute atomic E-state index is 12.7. The van der Waals surface area contributed by atoms with Crippen molar-refractivity contribution in [2.24, 2.45) is 5.92 Å². The Morgan fingerprint density at radius 2 is 1.67 bits per heavy atom. The summed E-state index contributed by atoms with van der Waals surface area (Å²) in [4.78, 5) is 31.3. The van der Waals surface area contributed by atoms with Crippen molar-refractivity contribution in [2.75, 3.05) is 46.3 Å². The lowest BCUT2D eigenvalue weighted by atomic mass is 9.94. The molecular weight excluding hydrogens is 385 g/mol. The lowest BCUT2D eigenvalue weighted by Crippen LogP contribution is -2.51. The third-order valence-corrected chi connectivity index (χ3v) is 6.51. The standard InChI is InChI=1S/C20H27Cl2N3O2/c1-23-11-13-25(14-12-23)20(27)16-7-9-24(10-8-16)18(26)6-5-15-3-2-4-17(21)19(15)22/h2-4,16H,5-14H2,1H3. The fourth-order valence-corrected chi connectivity index (χ4v) is 4.22. The molecule has 2 aliphatic rings. The number of benzene rings is 1. The highest BCUT2D eigenvalue weighted by molar-refractivity contribution is 6.42. The second-order valence-corrected chi connectivity index (χ2v) is 8.28. The van der Waals surface area contributed by atoms with Gasteiger partial charge in [0.05, 0.1) is 10.0 Å². The van der Waals surface area contributed by atoms with Crippen molar-refractivity contribution >= 4 is 35.0 Å². The molecule has 0 atom stereocenters. The molecule has 0 spiro atoms. The highest BCUT2D eigenvalue weighted by Gasteiger charge is 2.31. The monoisotopic (exact) mass is 411 g/mol. The Morgan fingerprint density at radius 1 is 1.00 bits per heavy atom. The third-order valence-electron chi connectivity index (χ3n) is 5.65. The fraction of sp³-hybridized carbons (Fsp3) is 0.600. The molecule has 0 aromatic heterocycles. The molecule has 1 aromatic carbocycles. The van der Waals surface area contributed by atoms with E-state index in [1.54, 1.807) is 6.07 Å². The maximum Gasteiger partial charge on any atom is 0.225 e. The van der Waals surface area contributed by atoms with Gasteiger partial charge < -0.3 is 14.7 Å². The van der Waals surface area contributed by atoms with E-state index in [2.05, 4.69) is 11.9 Å². The van der Waals surface area contributed by atoms with Crippen molar-refractivity contribution in [3.63, 3.8) is 0 Å². The number of halogens is 2. The molecule has 0 aliphatic carbocycles. The van der Waals surface area contributed by atoms with Gasteiger partial charge in [0.2, 0.25) is 11.8 Å². The van der Waals surface area contributed by atoms with Crippen LogP contribution >= 0.6 is 23.2 Å². The predicted molar refractivity (Wildman–Crippen MR) is 108 cm³/mol. The van der Waals surface area contributed by atoms with Crippen LogP contribution in [0.2, 0.25) is 10.0 Å². The van der Waals surface area contributed by atoms with Gasteiger partial charge >= 0.3 is 0 Å². The van der Waals surface area contributed by atoms with Crippen LogP contribution in [0.15, 0.2) is 18.2 Å². The minimum atomic E-state index is 0.0554. The van der Waals surface area contributed by atoms with Gasteiger partial charge in [0.15, 0.2) is 0 Å². The topological polar surface area (TPSA) is 43.9 Å². The van der Waals surface area contributed by atoms with Gasteiger partial charge in [0, 0.05) is 51.6 Å². The molecule has 0 bridgehead atoms. The number of piperidine rings is 1. The van der Waals surface area contributed by atoms with Crippen LogP contribution in [0.4, 0.5) is 0 Å². The zero-order valence-electron chi connectivity index (χ0n) is 15.8. The summed E-state index contributed by atoms with van der Waals surface area (Å²) in [5, 5.41) is 1.05. The van der Waals surface area contributed by atoms with Crippen LogP contribution in [-0.2, 0) is 16.0 Å². The molecule has 7 heteroatoms. The van der Waals surface area contributed by atoms with Crippen molar-refractivity contribution in [1.82, 2.24) is 14.7 Å². The van der Waals surface area contributed by atoms with E-state index in [1.165, 1.54) is 0 Å². The van der Waals surface area contributed by atoms with E-state index in [9.17, 15) is 9.59 Å². The summed E-state index contributed by atoms with van der Waals surface area (Å²) in [5.41, 5.74) is 0.901. The summed E-state index contributed by atoms with van der Waals surface area (Å²) in [6.07, 6.45) is 2.51. The summed E-state index contributed by atoms with van der Waals surface area (Å²) in [6, 6.07) is 5.50. The average Bonchev–Trinajstić information content (AvgIpc) is 2.69. The van der Waals surface area contributed by atoms with Gasteiger partial charge in [-0.1, -0.05) is 35.3 Å². The number of nitrogens with zero attached hydrogens (tertiary/aromatic N) is 3. The van der Waals surface area contributed by atoms with Crippen molar-refractivity contribution in [3.05, 3.63) is 33.8 Å². The van der Waals surface area contributed by atoms with Crippen molar-refractivity contribution in [1.29, 1.82) is 0 Å². The number of amides is 2. The van der Waals surface area contributed by atoms with Crippen molar-refractivity contribution in [2.45, 2.75) is 25.7 Å². The zero-order valence-corrected chi connectivity index (χ0v) is 17.3. The molecule has 0 unspecified atom stereocenters. The second-order valence-electron chi connectivity index (χ2n) is 7.50. The van der Waals surface area contributed by atoms with E-state index in [-0.39, 0.29) is 17.7 Å². The van der Waals surface area contributed by atoms with Gasteiger partial charge in [0.1, 0.15) is 0 Å². The number of aryl methyl sites for hydroxylation is 1. The van der Waals surface area contributed by atoms with Crippen LogP contribution in [0.25, 0.3) is 0 Å². The normalized spacial score (nSPS) is 19.4. The summed E-state index contributed by atoms with van der Waals surface area (Å²) >= 11 is 12.2. The van der Waals surface area contributed by atoms with E-state index < -0.39 is 0 Å².